The molecule has 5 rings (SSSR count). The summed E-state index contributed by atoms with van der Waals surface area (Å²) in [5, 5.41) is 11.9. The van der Waals surface area contributed by atoms with E-state index in [1.165, 1.54) is 11.1 Å². The molecule has 1 amide bonds. The first-order valence-corrected chi connectivity index (χ1v) is 10.0. The van der Waals surface area contributed by atoms with E-state index in [0.29, 0.717) is 22.7 Å². The molecule has 0 saturated carbocycles. The van der Waals surface area contributed by atoms with E-state index < -0.39 is 6.43 Å². The van der Waals surface area contributed by atoms with Gasteiger partial charge < -0.3 is 15.5 Å². The predicted octanol–water partition coefficient (Wildman–Crippen LogP) is 3.21. The number of rotatable bonds is 5. The molecule has 2 aromatic rings. The van der Waals surface area contributed by atoms with Crippen molar-refractivity contribution in [2.24, 2.45) is 5.10 Å². The number of hydrogen-bond acceptors (Lipinski definition) is 6. The van der Waals surface area contributed by atoms with E-state index in [4.69, 9.17) is 0 Å². The van der Waals surface area contributed by atoms with E-state index in [2.05, 4.69) is 25.6 Å². The van der Waals surface area contributed by atoms with Crippen molar-refractivity contribution in [3.63, 3.8) is 0 Å². The van der Waals surface area contributed by atoms with Crippen LogP contribution in [0.1, 0.15) is 24.0 Å². The Kier molecular flexibility index (Phi) is 4.85. The van der Waals surface area contributed by atoms with Crippen LogP contribution in [0.5, 0.6) is 0 Å². The Morgan fingerprint density at radius 2 is 2.06 bits per heavy atom. The zero-order valence-corrected chi connectivity index (χ0v) is 16.5. The largest absolute Gasteiger partial charge is 0.365 e. The molecular formula is C22H20F2N6O. The van der Waals surface area contributed by atoms with Crippen LogP contribution in [0.25, 0.3) is 0 Å². The molecule has 0 radical (unpaired) electrons. The van der Waals surface area contributed by atoms with E-state index in [1.54, 1.807) is 48.8 Å². The monoisotopic (exact) mass is 422 g/mol. The smallest absolute Gasteiger partial charge is 0.275 e. The lowest BCUT2D eigenvalue weighted by molar-refractivity contribution is -0.114. The Morgan fingerprint density at radius 1 is 1.23 bits per heavy atom. The van der Waals surface area contributed by atoms with Crippen LogP contribution >= 0.6 is 0 Å². The number of hydrogen-bond donors (Lipinski definition) is 2. The number of aromatic nitrogens is 1. The van der Waals surface area contributed by atoms with Gasteiger partial charge in [0.2, 0.25) is 0 Å². The zero-order valence-electron chi connectivity index (χ0n) is 16.5. The van der Waals surface area contributed by atoms with Crippen LogP contribution in [0.15, 0.2) is 71.7 Å². The summed E-state index contributed by atoms with van der Waals surface area (Å²) < 4.78 is 26.9. The molecule has 158 valence electrons. The molecule has 1 aromatic heterocycles. The Hall–Kier alpha value is -3.75. The number of allylic oxidation sites excluding steroid dienone is 1. The van der Waals surface area contributed by atoms with Crippen LogP contribution in [0, 0.1) is 0 Å². The number of nitrogens with one attached hydrogen (secondary N) is 2. The van der Waals surface area contributed by atoms with Crippen molar-refractivity contribution < 1.29 is 13.6 Å². The lowest BCUT2D eigenvalue weighted by atomic mass is 10.0. The van der Waals surface area contributed by atoms with Crippen LogP contribution in [0.3, 0.4) is 0 Å². The number of benzene rings is 1. The van der Waals surface area contributed by atoms with Crippen LogP contribution in [0.2, 0.25) is 0 Å². The summed E-state index contributed by atoms with van der Waals surface area (Å²) in [7, 11) is 0. The SMILES string of the molecule is O=C(Nc1ccnc(N2CCC2)c1)C1=CNC2C=CC(c3ccccc3C(F)F)=NN12. The average molecular weight is 422 g/mol. The number of hydrazone groups is 1. The summed E-state index contributed by atoms with van der Waals surface area (Å²) in [6.45, 7) is 1.91. The second-order valence-electron chi connectivity index (χ2n) is 7.42. The second-order valence-corrected chi connectivity index (χ2v) is 7.42. The summed E-state index contributed by atoms with van der Waals surface area (Å²) >= 11 is 0. The number of carbonyl (C=O) groups is 1. The van der Waals surface area contributed by atoms with Gasteiger partial charge in [-0.3, -0.25) is 4.79 Å². The summed E-state index contributed by atoms with van der Waals surface area (Å²) in [5.74, 6) is 0.474. The molecule has 4 heterocycles. The molecule has 1 atom stereocenters. The molecule has 1 saturated heterocycles. The summed E-state index contributed by atoms with van der Waals surface area (Å²) in [6, 6.07) is 9.81. The van der Waals surface area contributed by atoms with Crippen molar-refractivity contribution in [3.8, 4) is 0 Å². The molecule has 1 unspecified atom stereocenters. The fraction of sp³-hybridized carbons (Fsp3) is 0.227. The van der Waals surface area contributed by atoms with Crippen molar-refractivity contribution in [3.05, 3.63) is 77.8 Å². The van der Waals surface area contributed by atoms with Gasteiger partial charge in [-0.05, 0) is 24.6 Å². The third-order valence-electron chi connectivity index (χ3n) is 5.44. The second kappa shape index (κ2) is 7.82. The highest BCUT2D eigenvalue weighted by molar-refractivity contribution is 6.11. The molecule has 2 N–H and O–H groups in total. The first kappa shape index (κ1) is 19.2. The fourth-order valence-electron chi connectivity index (χ4n) is 3.68. The Labute approximate surface area is 177 Å². The standard InChI is InChI=1S/C22H20F2N6O/c23-21(24)16-5-2-1-4-15(16)17-6-7-19-26-13-18(30(19)28-17)22(31)27-14-8-9-25-20(12-14)29-10-3-11-29/h1-2,4-9,12-13,19,21,26H,3,10-11H2,(H,25,27,31). The van der Waals surface area contributed by atoms with Crippen molar-refractivity contribution in [1.29, 1.82) is 0 Å². The van der Waals surface area contributed by atoms with Gasteiger partial charge in [0.15, 0.2) is 0 Å². The number of nitrogens with zero attached hydrogens (tertiary/aromatic N) is 4. The van der Waals surface area contributed by atoms with E-state index >= 15 is 0 Å². The molecule has 31 heavy (non-hydrogen) atoms. The van der Waals surface area contributed by atoms with Gasteiger partial charge in [0.25, 0.3) is 12.3 Å². The summed E-state index contributed by atoms with van der Waals surface area (Å²) in [4.78, 5) is 19.4. The van der Waals surface area contributed by atoms with Gasteiger partial charge in [0, 0.05) is 48.4 Å². The van der Waals surface area contributed by atoms with Gasteiger partial charge in [0.05, 0.1) is 5.71 Å². The maximum atomic E-state index is 13.4. The van der Waals surface area contributed by atoms with Crippen molar-refractivity contribution in [1.82, 2.24) is 15.3 Å². The number of amides is 1. The van der Waals surface area contributed by atoms with Crippen molar-refractivity contribution in [2.45, 2.75) is 19.0 Å². The molecule has 0 bridgehead atoms. The number of fused-ring (bicyclic) bond motifs is 1. The first-order valence-electron chi connectivity index (χ1n) is 10.0. The minimum absolute atomic E-state index is 0.0956. The van der Waals surface area contributed by atoms with Gasteiger partial charge in [0.1, 0.15) is 17.7 Å². The van der Waals surface area contributed by atoms with Gasteiger partial charge >= 0.3 is 0 Å². The molecule has 3 aliphatic rings. The van der Waals surface area contributed by atoms with E-state index in [9.17, 15) is 13.6 Å². The third kappa shape index (κ3) is 3.63. The number of carbonyl (C=O) groups excluding carboxylic acids is 1. The maximum Gasteiger partial charge on any atom is 0.275 e. The minimum Gasteiger partial charge on any atom is -0.365 e. The summed E-state index contributed by atoms with van der Waals surface area (Å²) in [6.07, 6.45) is 4.88. The molecule has 0 aliphatic carbocycles. The lowest BCUT2D eigenvalue weighted by Crippen LogP contribution is -2.38. The van der Waals surface area contributed by atoms with Gasteiger partial charge in [-0.1, -0.05) is 24.3 Å². The van der Waals surface area contributed by atoms with Crippen molar-refractivity contribution in [2.75, 3.05) is 23.3 Å². The Balaban J connectivity index is 1.37. The molecule has 1 fully saturated rings. The van der Waals surface area contributed by atoms with E-state index in [-0.39, 0.29) is 17.6 Å². The highest BCUT2D eigenvalue weighted by atomic mass is 19.3. The quantitative estimate of drug-likeness (QED) is 0.774. The number of alkyl halides is 2. The highest BCUT2D eigenvalue weighted by Gasteiger charge is 2.32. The molecular weight excluding hydrogens is 402 g/mol. The normalized spacial score (nSPS) is 19.4. The Bertz CT molecular complexity index is 1110. The highest BCUT2D eigenvalue weighted by Crippen LogP contribution is 2.28. The topological polar surface area (TPSA) is 72.9 Å². The molecule has 3 aliphatic heterocycles. The number of anilines is 2. The van der Waals surface area contributed by atoms with Crippen LogP contribution < -0.4 is 15.5 Å². The van der Waals surface area contributed by atoms with Crippen LogP contribution in [-0.4, -0.2) is 40.9 Å². The number of halogens is 2. The average Bonchev–Trinajstić information content (AvgIpc) is 3.16. The van der Waals surface area contributed by atoms with Gasteiger partial charge in [-0.2, -0.15) is 5.10 Å². The van der Waals surface area contributed by atoms with Crippen LogP contribution in [-0.2, 0) is 4.79 Å². The summed E-state index contributed by atoms with van der Waals surface area (Å²) in [5.41, 5.74) is 1.54. The lowest BCUT2D eigenvalue weighted by Gasteiger charge is -2.32. The molecule has 1 aromatic carbocycles. The number of pyridine rings is 1. The molecule has 0 spiro atoms. The zero-order chi connectivity index (χ0) is 21.4. The predicted molar refractivity (Wildman–Crippen MR) is 114 cm³/mol. The van der Waals surface area contributed by atoms with Gasteiger partial charge in [-0.25, -0.2) is 18.8 Å². The Morgan fingerprint density at radius 3 is 2.84 bits per heavy atom. The van der Waals surface area contributed by atoms with Gasteiger partial charge in [-0.15, -0.1) is 0 Å². The molecule has 7 nitrogen and oxygen atoms in total. The first-order chi connectivity index (χ1) is 15.1. The fourth-order valence-corrected chi connectivity index (χ4v) is 3.68. The van der Waals surface area contributed by atoms with E-state index in [1.807, 2.05) is 6.07 Å². The van der Waals surface area contributed by atoms with Crippen molar-refractivity contribution >= 4 is 23.1 Å². The van der Waals surface area contributed by atoms with Crippen LogP contribution in [0.4, 0.5) is 20.3 Å². The minimum atomic E-state index is -2.62. The van der Waals surface area contributed by atoms with E-state index in [0.717, 1.165) is 25.3 Å². The maximum absolute atomic E-state index is 13.4. The third-order valence-corrected chi connectivity index (χ3v) is 5.44. The molecule has 9 heteroatoms.